The fourth-order valence-electron chi connectivity index (χ4n) is 2.44. The Kier molecular flexibility index (Phi) is 4.00. The van der Waals surface area contributed by atoms with Gasteiger partial charge in [0.05, 0.1) is 12.2 Å². The molecule has 0 fully saturated rings. The maximum absolute atomic E-state index is 13.8. The molecule has 4 heteroatoms. The van der Waals surface area contributed by atoms with Crippen molar-refractivity contribution in [2.24, 2.45) is 5.73 Å². The highest BCUT2D eigenvalue weighted by Crippen LogP contribution is 2.17. The summed E-state index contributed by atoms with van der Waals surface area (Å²) in [6.45, 7) is 7.01. The number of aryl methyl sites for hydroxylation is 1. The molecule has 0 saturated heterocycles. The molecule has 0 bridgehead atoms. The van der Waals surface area contributed by atoms with E-state index in [2.05, 4.69) is 12.0 Å². The minimum absolute atomic E-state index is 0.206. The van der Waals surface area contributed by atoms with Gasteiger partial charge in [0.15, 0.2) is 0 Å². The third-order valence-electron chi connectivity index (χ3n) is 3.55. The first kappa shape index (κ1) is 13.7. The smallest absolute Gasteiger partial charge is 0.128 e. The third-order valence-corrected chi connectivity index (χ3v) is 3.55. The Morgan fingerprint density at radius 2 is 2.05 bits per heavy atom. The predicted octanol–water partition coefficient (Wildman–Crippen LogP) is 2.71. The molecule has 0 spiro atoms. The monoisotopic (exact) mass is 261 g/mol. The van der Waals surface area contributed by atoms with E-state index in [-0.39, 0.29) is 5.82 Å². The SMILES string of the molecule is CCc1c(C)nn(Cc2cc(CN)ccc2F)c1C. The van der Waals surface area contributed by atoms with Gasteiger partial charge in [-0.15, -0.1) is 0 Å². The van der Waals surface area contributed by atoms with Crippen LogP contribution in [0.1, 0.15) is 35.0 Å². The molecule has 1 aromatic heterocycles. The van der Waals surface area contributed by atoms with Gasteiger partial charge in [-0.05, 0) is 43.5 Å². The van der Waals surface area contributed by atoms with Gasteiger partial charge in [0.1, 0.15) is 5.82 Å². The molecule has 0 saturated carbocycles. The van der Waals surface area contributed by atoms with Crippen LogP contribution >= 0.6 is 0 Å². The van der Waals surface area contributed by atoms with Crippen LogP contribution < -0.4 is 5.73 Å². The number of hydrogen-bond acceptors (Lipinski definition) is 2. The van der Waals surface area contributed by atoms with E-state index in [1.165, 1.54) is 11.6 Å². The van der Waals surface area contributed by atoms with E-state index < -0.39 is 0 Å². The summed E-state index contributed by atoms with van der Waals surface area (Å²) in [5.74, 6) is -0.206. The molecule has 0 aliphatic carbocycles. The van der Waals surface area contributed by atoms with Crippen molar-refractivity contribution in [3.63, 3.8) is 0 Å². The van der Waals surface area contributed by atoms with Crippen molar-refractivity contribution >= 4 is 0 Å². The topological polar surface area (TPSA) is 43.8 Å². The van der Waals surface area contributed by atoms with Gasteiger partial charge < -0.3 is 5.73 Å². The van der Waals surface area contributed by atoms with E-state index in [0.717, 1.165) is 23.4 Å². The summed E-state index contributed by atoms with van der Waals surface area (Å²) in [6, 6.07) is 5.01. The zero-order valence-electron chi connectivity index (χ0n) is 11.7. The quantitative estimate of drug-likeness (QED) is 0.919. The minimum Gasteiger partial charge on any atom is -0.326 e. The van der Waals surface area contributed by atoms with Crippen LogP contribution in [-0.2, 0) is 19.5 Å². The molecule has 0 amide bonds. The van der Waals surface area contributed by atoms with Crippen molar-refractivity contribution in [1.29, 1.82) is 0 Å². The Balaban J connectivity index is 2.36. The molecule has 0 atom stereocenters. The summed E-state index contributed by atoms with van der Waals surface area (Å²) in [5, 5.41) is 4.49. The standard InChI is InChI=1S/C15H20FN3/c1-4-14-10(2)18-19(11(14)3)9-13-7-12(8-17)5-6-15(13)16/h5-7H,4,8-9,17H2,1-3H3. The zero-order chi connectivity index (χ0) is 14.0. The van der Waals surface area contributed by atoms with Gasteiger partial charge in [-0.2, -0.15) is 5.10 Å². The lowest BCUT2D eigenvalue weighted by molar-refractivity contribution is 0.577. The molecule has 102 valence electrons. The molecule has 2 rings (SSSR count). The van der Waals surface area contributed by atoms with E-state index in [4.69, 9.17) is 5.73 Å². The molecule has 2 N–H and O–H groups in total. The van der Waals surface area contributed by atoms with Gasteiger partial charge in [0, 0.05) is 17.8 Å². The second-order valence-electron chi connectivity index (χ2n) is 4.79. The number of halogens is 1. The molecule has 1 aromatic carbocycles. The van der Waals surface area contributed by atoms with E-state index in [1.807, 2.05) is 24.6 Å². The van der Waals surface area contributed by atoms with Crippen molar-refractivity contribution < 1.29 is 4.39 Å². The van der Waals surface area contributed by atoms with Gasteiger partial charge in [0.25, 0.3) is 0 Å². The first-order valence-corrected chi connectivity index (χ1v) is 6.57. The van der Waals surface area contributed by atoms with Gasteiger partial charge in [0.2, 0.25) is 0 Å². The lowest BCUT2D eigenvalue weighted by atomic mass is 10.1. The van der Waals surface area contributed by atoms with Crippen LogP contribution in [0.4, 0.5) is 4.39 Å². The van der Waals surface area contributed by atoms with Crippen LogP contribution in [0.25, 0.3) is 0 Å². The molecule has 0 aliphatic rings. The molecule has 19 heavy (non-hydrogen) atoms. The Morgan fingerprint density at radius 3 is 2.63 bits per heavy atom. The Labute approximate surface area is 113 Å². The van der Waals surface area contributed by atoms with Crippen LogP contribution in [-0.4, -0.2) is 9.78 Å². The summed E-state index contributed by atoms with van der Waals surface area (Å²) >= 11 is 0. The zero-order valence-corrected chi connectivity index (χ0v) is 11.7. The lowest BCUT2D eigenvalue weighted by Crippen LogP contribution is -2.07. The summed E-state index contributed by atoms with van der Waals surface area (Å²) in [7, 11) is 0. The highest BCUT2D eigenvalue weighted by Gasteiger charge is 2.12. The number of nitrogens with zero attached hydrogens (tertiary/aromatic N) is 2. The molecule has 0 radical (unpaired) electrons. The Morgan fingerprint density at radius 1 is 1.32 bits per heavy atom. The number of benzene rings is 1. The van der Waals surface area contributed by atoms with Crippen molar-refractivity contribution in [2.45, 2.75) is 40.3 Å². The largest absolute Gasteiger partial charge is 0.326 e. The summed E-state index contributed by atoms with van der Waals surface area (Å²) in [4.78, 5) is 0. The molecule has 0 unspecified atom stereocenters. The van der Waals surface area contributed by atoms with Crippen LogP contribution in [0, 0.1) is 19.7 Å². The van der Waals surface area contributed by atoms with Crippen molar-refractivity contribution in [3.8, 4) is 0 Å². The normalized spacial score (nSPS) is 11.0. The number of hydrogen-bond donors (Lipinski definition) is 1. The lowest BCUT2D eigenvalue weighted by Gasteiger charge is -2.08. The second kappa shape index (κ2) is 5.53. The summed E-state index contributed by atoms with van der Waals surface area (Å²) < 4.78 is 15.7. The Bertz CT molecular complexity index is 587. The van der Waals surface area contributed by atoms with Gasteiger partial charge >= 0.3 is 0 Å². The third kappa shape index (κ3) is 2.68. The van der Waals surface area contributed by atoms with Crippen LogP contribution in [0.5, 0.6) is 0 Å². The van der Waals surface area contributed by atoms with E-state index in [0.29, 0.717) is 18.7 Å². The van der Waals surface area contributed by atoms with E-state index >= 15 is 0 Å². The van der Waals surface area contributed by atoms with Crippen LogP contribution in [0.3, 0.4) is 0 Å². The van der Waals surface area contributed by atoms with Crippen molar-refractivity contribution in [3.05, 3.63) is 52.1 Å². The molecule has 2 aromatic rings. The van der Waals surface area contributed by atoms with E-state index in [9.17, 15) is 4.39 Å². The highest BCUT2D eigenvalue weighted by molar-refractivity contribution is 5.28. The fraction of sp³-hybridized carbons (Fsp3) is 0.400. The van der Waals surface area contributed by atoms with Crippen molar-refractivity contribution in [1.82, 2.24) is 9.78 Å². The fourth-order valence-corrected chi connectivity index (χ4v) is 2.44. The molecule has 1 heterocycles. The molecule has 0 aliphatic heterocycles. The summed E-state index contributed by atoms with van der Waals surface area (Å²) in [5.41, 5.74) is 10.5. The average Bonchev–Trinajstić information content (AvgIpc) is 2.66. The van der Waals surface area contributed by atoms with Gasteiger partial charge in [-0.3, -0.25) is 4.68 Å². The van der Waals surface area contributed by atoms with E-state index in [1.54, 1.807) is 6.07 Å². The average molecular weight is 261 g/mol. The number of aromatic nitrogens is 2. The first-order valence-electron chi connectivity index (χ1n) is 6.57. The maximum atomic E-state index is 13.8. The number of nitrogens with two attached hydrogens (primary N) is 1. The summed E-state index contributed by atoms with van der Waals surface area (Å²) in [6.07, 6.45) is 0.947. The maximum Gasteiger partial charge on any atom is 0.128 e. The van der Waals surface area contributed by atoms with Crippen LogP contribution in [0.2, 0.25) is 0 Å². The van der Waals surface area contributed by atoms with Crippen LogP contribution in [0.15, 0.2) is 18.2 Å². The van der Waals surface area contributed by atoms with Gasteiger partial charge in [-0.25, -0.2) is 4.39 Å². The van der Waals surface area contributed by atoms with Crippen molar-refractivity contribution in [2.75, 3.05) is 0 Å². The minimum atomic E-state index is -0.206. The highest BCUT2D eigenvalue weighted by atomic mass is 19.1. The molecular weight excluding hydrogens is 241 g/mol. The predicted molar refractivity (Wildman–Crippen MR) is 74.5 cm³/mol. The second-order valence-corrected chi connectivity index (χ2v) is 4.79. The number of rotatable bonds is 4. The molecular formula is C15H20FN3. The first-order chi connectivity index (χ1) is 9.06. The Hall–Kier alpha value is -1.68. The molecule has 3 nitrogen and oxygen atoms in total. The van der Waals surface area contributed by atoms with Gasteiger partial charge in [-0.1, -0.05) is 13.0 Å².